The van der Waals surface area contributed by atoms with E-state index >= 15 is 0 Å². The van der Waals surface area contributed by atoms with Crippen molar-refractivity contribution in [3.63, 3.8) is 0 Å². The van der Waals surface area contributed by atoms with Gasteiger partial charge in [0.1, 0.15) is 6.29 Å². The summed E-state index contributed by atoms with van der Waals surface area (Å²) < 4.78 is 3.17. The van der Waals surface area contributed by atoms with Gasteiger partial charge in [-0.2, -0.15) is 0 Å². The van der Waals surface area contributed by atoms with Gasteiger partial charge in [0.05, 0.1) is 5.54 Å². The average molecular weight is 534 g/mol. The molecule has 2 aliphatic rings. The monoisotopic (exact) mass is 533 g/mol. The van der Waals surface area contributed by atoms with Crippen LogP contribution in [0, 0.1) is 23.2 Å². The van der Waals surface area contributed by atoms with Crippen molar-refractivity contribution in [1.82, 2.24) is 15.4 Å². The second-order valence-corrected chi connectivity index (χ2v) is 12.7. The molecule has 2 saturated carbocycles. The second-order valence-electron chi connectivity index (χ2n) is 11.9. The van der Waals surface area contributed by atoms with Crippen molar-refractivity contribution < 1.29 is 9.59 Å². The highest BCUT2D eigenvalue weighted by molar-refractivity contribution is 7.97. The third-order valence-corrected chi connectivity index (χ3v) is 8.67. The number of nitrogens with one attached hydrogen (secondary N) is 3. The van der Waals surface area contributed by atoms with Gasteiger partial charge >= 0.3 is 0 Å². The van der Waals surface area contributed by atoms with Gasteiger partial charge in [-0.15, -0.1) is 0 Å². The SMILES string of the molecule is CC.CCCc1ccccc1SNC(C)(C)C=O.CNC1C(C)CC2CC1CC(C)(C(=O)NC(C)C)C2. The van der Waals surface area contributed by atoms with Crippen molar-refractivity contribution in [1.29, 1.82) is 0 Å². The second kappa shape index (κ2) is 15.9. The van der Waals surface area contributed by atoms with Gasteiger partial charge in [0, 0.05) is 22.4 Å². The molecule has 5 nitrogen and oxygen atoms in total. The van der Waals surface area contributed by atoms with E-state index in [4.69, 9.17) is 0 Å². The van der Waals surface area contributed by atoms with Crippen LogP contribution in [0.15, 0.2) is 29.2 Å². The Morgan fingerprint density at radius 2 is 1.84 bits per heavy atom. The smallest absolute Gasteiger partial charge is 0.226 e. The molecule has 0 heterocycles. The van der Waals surface area contributed by atoms with Gasteiger partial charge in [0.15, 0.2) is 0 Å². The molecule has 2 aliphatic carbocycles. The minimum atomic E-state index is -0.482. The molecule has 0 spiro atoms. The molecule has 1 aromatic carbocycles. The van der Waals surface area contributed by atoms with E-state index in [0.717, 1.165) is 43.8 Å². The predicted molar refractivity (Wildman–Crippen MR) is 160 cm³/mol. The Hall–Kier alpha value is -1.37. The van der Waals surface area contributed by atoms with Crippen LogP contribution in [0.1, 0.15) is 100.0 Å². The number of fused-ring (bicyclic) bond motifs is 2. The number of hydrogen-bond donors (Lipinski definition) is 3. The summed E-state index contributed by atoms with van der Waals surface area (Å²) in [7, 11) is 2.07. The zero-order valence-corrected chi connectivity index (χ0v) is 26.1. The number of aryl methyl sites for hydroxylation is 1. The van der Waals surface area contributed by atoms with Crippen LogP contribution in [0.2, 0.25) is 0 Å². The van der Waals surface area contributed by atoms with Gasteiger partial charge in [-0.1, -0.05) is 59.2 Å². The van der Waals surface area contributed by atoms with Gasteiger partial charge in [-0.3, -0.25) is 4.79 Å². The number of amides is 1. The molecule has 5 atom stereocenters. The predicted octanol–water partition coefficient (Wildman–Crippen LogP) is 6.80. The normalized spacial score (nSPS) is 26.8. The zero-order chi connectivity index (χ0) is 28.2. The zero-order valence-electron chi connectivity index (χ0n) is 25.2. The maximum atomic E-state index is 12.5. The molecule has 6 heteroatoms. The number of rotatable bonds is 9. The van der Waals surface area contributed by atoms with Crippen LogP contribution >= 0.6 is 11.9 Å². The first-order valence-electron chi connectivity index (χ1n) is 14.4. The molecular weight excluding hydrogens is 478 g/mol. The average Bonchev–Trinajstić information content (AvgIpc) is 2.85. The van der Waals surface area contributed by atoms with E-state index in [9.17, 15) is 9.59 Å². The maximum Gasteiger partial charge on any atom is 0.226 e. The van der Waals surface area contributed by atoms with E-state index in [-0.39, 0.29) is 17.4 Å². The lowest BCUT2D eigenvalue weighted by atomic mass is 9.57. The summed E-state index contributed by atoms with van der Waals surface area (Å²) in [4.78, 5) is 24.5. The molecule has 37 heavy (non-hydrogen) atoms. The Labute approximate surface area is 232 Å². The van der Waals surface area contributed by atoms with Crippen molar-refractivity contribution >= 4 is 24.1 Å². The molecule has 3 N–H and O–H groups in total. The molecule has 212 valence electrons. The standard InChI is InChI=1S/C16H30N2O.C13H19NOS.C2H6/c1-10(2)18-15(19)16(4)8-12-6-11(3)14(17-5)13(7-12)9-16;1-4-7-11-8-5-6-9-12(11)16-14-13(2,3)10-15;1-2/h10-14,17H,6-9H2,1-5H3,(H,18,19);5-6,8-10,14H,4,7H2,1-3H3;1-2H3. The molecule has 1 amide bonds. The Morgan fingerprint density at radius 3 is 2.41 bits per heavy atom. The number of carbonyl (C=O) groups excluding carboxylic acids is 2. The maximum absolute atomic E-state index is 12.5. The lowest BCUT2D eigenvalue weighted by Gasteiger charge is -2.50. The Bertz CT molecular complexity index is 826. The molecule has 0 radical (unpaired) electrons. The summed E-state index contributed by atoms with van der Waals surface area (Å²) in [6.45, 7) is 18.5. The Morgan fingerprint density at radius 1 is 1.19 bits per heavy atom. The van der Waals surface area contributed by atoms with Crippen LogP contribution in [-0.2, 0) is 16.0 Å². The van der Waals surface area contributed by atoms with Crippen LogP contribution in [0.4, 0.5) is 0 Å². The van der Waals surface area contributed by atoms with Crippen LogP contribution < -0.4 is 15.4 Å². The molecule has 5 unspecified atom stereocenters. The third kappa shape index (κ3) is 10.4. The van der Waals surface area contributed by atoms with E-state index in [2.05, 4.69) is 61.4 Å². The summed E-state index contributed by atoms with van der Waals surface area (Å²) in [5, 5.41) is 6.62. The summed E-state index contributed by atoms with van der Waals surface area (Å²) in [5.74, 6) is 2.41. The Balaban J connectivity index is 0.000000352. The summed E-state index contributed by atoms with van der Waals surface area (Å²) in [6.07, 6.45) is 7.83. The lowest BCUT2D eigenvalue weighted by Crippen LogP contribution is -2.53. The highest BCUT2D eigenvalue weighted by Crippen LogP contribution is 2.50. The molecule has 0 saturated heterocycles. The van der Waals surface area contributed by atoms with E-state index in [0.29, 0.717) is 12.0 Å². The quantitative estimate of drug-likeness (QED) is 0.240. The largest absolute Gasteiger partial charge is 0.353 e. The van der Waals surface area contributed by atoms with Gasteiger partial charge in [0.25, 0.3) is 0 Å². The highest BCUT2D eigenvalue weighted by Gasteiger charge is 2.48. The highest BCUT2D eigenvalue weighted by atomic mass is 32.2. The lowest BCUT2D eigenvalue weighted by molar-refractivity contribution is -0.136. The topological polar surface area (TPSA) is 70.2 Å². The molecule has 0 aromatic heterocycles. The fourth-order valence-corrected chi connectivity index (χ4v) is 6.78. The van der Waals surface area contributed by atoms with Crippen molar-refractivity contribution in [2.24, 2.45) is 23.2 Å². The molecular formula is C31H55N3O2S. The van der Waals surface area contributed by atoms with Gasteiger partial charge in [0.2, 0.25) is 5.91 Å². The first kappa shape index (κ1) is 33.7. The van der Waals surface area contributed by atoms with Crippen molar-refractivity contribution in [2.45, 2.75) is 123 Å². The fourth-order valence-electron chi connectivity index (χ4n) is 5.92. The molecule has 0 aliphatic heterocycles. The number of benzene rings is 1. The first-order valence-corrected chi connectivity index (χ1v) is 15.2. The summed E-state index contributed by atoms with van der Waals surface area (Å²) in [5.41, 5.74) is 0.695. The van der Waals surface area contributed by atoms with Crippen molar-refractivity contribution in [2.75, 3.05) is 7.05 Å². The molecule has 1 aromatic rings. The van der Waals surface area contributed by atoms with Gasteiger partial charge < -0.3 is 15.4 Å². The first-order chi connectivity index (χ1) is 17.4. The number of aldehydes is 1. The van der Waals surface area contributed by atoms with Crippen molar-refractivity contribution in [3.05, 3.63) is 29.8 Å². The van der Waals surface area contributed by atoms with Gasteiger partial charge in [-0.05, 0) is 108 Å². The van der Waals surface area contributed by atoms with E-state index in [1.807, 2.05) is 47.6 Å². The number of carbonyl (C=O) groups is 2. The fraction of sp³-hybridized carbons (Fsp3) is 0.742. The minimum Gasteiger partial charge on any atom is -0.353 e. The van der Waals surface area contributed by atoms with E-state index < -0.39 is 5.54 Å². The molecule has 3 rings (SSSR count). The van der Waals surface area contributed by atoms with Gasteiger partial charge in [-0.25, -0.2) is 4.72 Å². The summed E-state index contributed by atoms with van der Waals surface area (Å²) in [6, 6.07) is 9.13. The molecule has 2 fully saturated rings. The molecule has 2 bridgehead atoms. The third-order valence-electron chi connectivity index (χ3n) is 7.43. The minimum absolute atomic E-state index is 0.160. The number of hydrogen-bond acceptors (Lipinski definition) is 5. The van der Waals surface area contributed by atoms with Crippen LogP contribution in [0.25, 0.3) is 0 Å². The summed E-state index contributed by atoms with van der Waals surface area (Å²) >= 11 is 1.54. The van der Waals surface area contributed by atoms with Crippen LogP contribution in [0.5, 0.6) is 0 Å². The van der Waals surface area contributed by atoms with E-state index in [1.54, 1.807) is 0 Å². The van der Waals surface area contributed by atoms with Crippen LogP contribution in [0.3, 0.4) is 0 Å². The Kier molecular flexibility index (Phi) is 14.5. The van der Waals surface area contributed by atoms with E-state index in [1.165, 1.54) is 35.2 Å². The van der Waals surface area contributed by atoms with Crippen molar-refractivity contribution in [3.8, 4) is 0 Å². The van der Waals surface area contributed by atoms with Crippen LogP contribution in [-0.4, -0.2) is 36.9 Å².